The van der Waals surface area contributed by atoms with Crippen LogP contribution in [0.3, 0.4) is 0 Å². The molecule has 2 N–H and O–H groups in total. The summed E-state index contributed by atoms with van der Waals surface area (Å²) in [7, 11) is 0. The normalized spacial score (nSPS) is 10.7. The molecule has 2 aromatic heterocycles. The molecule has 0 saturated carbocycles. The van der Waals surface area contributed by atoms with E-state index >= 15 is 0 Å². The standard InChI is InChI=1S/C25H24N4O3/c1-3-18-7-9-19(10-8-18)27-25(31)28-20-5-4-6-22(14-20)32-16-21-15-24(30)29-12-11-17(2)13-23(29)26-21/h4-15H,3,16H2,1-2H3,(H2,27,28,31). The van der Waals surface area contributed by atoms with Gasteiger partial charge in [-0.2, -0.15) is 0 Å². The first-order chi connectivity index (χ1) is 15.5. The third kappa shape index (κ3) is 5.13. The summed E-state index contributed by atoms with van der Waals surface area (Å²) in [5, 5.41) is 5.61. The number of nitrogens with one attached hydrogen (secondary N) is 2. The van der Waals surface area contributed by atoms with Gasteiger partial charge in [-0.25, -0.2) is 9.78 Å². The van der Waals surface area contributed by atoms with Crippen molar-refractivity contribution in [2.24, 2.45) is 0 Å². The van der Waals surface area contributed by atoms with E-state index < -0.39 is 0 Å². The van der Waals surface area contributed by atoms with Crippen LogP contribution in [0.1, 0.15) is 23.7 Å². The van der Waals surface area contributed by atoms with Crippen LogP contribution in [0, 0.1) is 6.92 Å². The minimum Gasteiger partial charge on any atom is -0.487 e. The van der Waals surface area contributed by atoms with Gasteiger partial charge in [0.25, 0.3) is 5.56 Å². The van der Waals surface area contributed by atoms with Crippen LogP contribution in [0.4, 0.5) is 16.2 Å². The molecule has 0 radical (unpaired) electrons. The second-order valence-electron chi connectivity index (χ2n) is 7.46. The number of aromatic nitrogens is 2. The first-order valence-electron chi connectivity index (χ1n) is 10.4. The summed E-state index contributed by atoms with van der Waals surface area (Å²) < 4.78 is 7.31. The first-order valence-corrected chi connectivity index (χ1v) is 10.4. The van der Waals surface area contributed by atoms with E-state index in [4.69, 9.17) is 4.74 Å². The van der Waals surface area contributed by atoms with Gasteiger partial charge < -0.3 is 15.4 Å². The minimum atomic E-state index is -0.342. The highest BCUT2D eigenvalue weighted by molar-refractivity contribution is 5.99. The predicted octanol–water partition coefficient (Wildman–Crippen LogP) is 4.79. The Morgan fingerprint density at radius 2 is 1.78 bits per heavy atom. The molecular weight excluding hydrogens is 404 g/mol. The zero-order valence-electron chi connectivity index (χ0n) is 18.0. The molecule has 4 aromatic rings. The van der Waals surface area contributed by atoms with Gasteiger partial charge in [0.05, 0.1) is 5.69 Å². The van der Waals surface area contributed by atoms with E-state index in [0.717, 1.165) is 17.7 Å². The number of amides is 2. The number of rotatable bonds is 6. The summed E-state index contributed by atoms with van der Waals surface area (Å²) in [5.74, 6) is 0.557. The van der Waals surface area contributed by atoms with Crippen molar-refractivity contribution in [2.75, 3.05) is 10.6 Å². The number of urea groups is 1. The molecular formula is C25H24N4O3. The van der Waals surface area contributed by atoms with Gasteiger partial charge in [0.15, 0.2) is 0 Å². The molecule has 0 aliphatic heterocycles. The molecule has 0 spiro atoms. The summed E-state index contributed by atoms with van der Waals surface area (Å²) in [6.07, 6.45) is 2.66. The molecule has 2 aromatic carbocycles. The monoisotopic (exact) mass is 428 g/mol. The third-order valence-electron chi connectivity index (χ3n) is 4.97. The molecule has 0 saturated heterocycles. The summed E-state index contributed by atoms with van der Waals surface area (Å²) in [6.45, 7) is 4.17. The largest absolute Gasteiger partial charge is 0.487 e. The van der Waals surface area contributed by atoms with E-state index in [9.17, 15) is 9.59 Å². The van der Waals surface area contributed by atoms with Crippen molar-refractivity contribution in [1.82, 2.24) is 9.38 Å². The lowest BCUT2D eigenvalue weighted by molar-refractivity contribution is 0.262. The number of nitrogens with zero attached hydrogens (tertiary/aromatic N) is 2. The van der Waals surface area contributed by atoms with Crippen LogP contribution < -0.4 is 20.9 Å². The van der Waals surface area contributed by atoms with E-state index in [1.165, 1.54) is 16.0 Å². The van der Waals surface area contributed by atoms with Gasteiger partial charge in [-0.05, 0) is 60.9 Å². The summed E-state index contributed by atoms with van der Waals surface area (Å²) >= 11 is 0. The Hall–Kier alpha value is -4.13. The fourth-order valence-corrected chi connectivity index (χ4v) is 3.27. The second kappa shape index (κ2) is 9.34. The van der Waals surface area contributed by atoms with Crippen LogP contribution in [0.15, 0.2) is 77.7 Å². The zero-order chi connectivity index (χ0) is 22.5. The lowest BCUT2D eigenvalue weighted by Crippen LogP contribution is -2.19. The fourth-order valence-electron chi connectivity index (χ4n) is 3.27. The predicted molar refractivity (Wildman–Crippen MR) is 125 cm³/mol. The lowest BCUT2D eigenvalue weighted by Gasteiger charge is -2.11. The van der Waals surface area contributed by atoms with Crippen molar-refractivity contribution in [1.29, 1.82) is 0 Å². The SMILES string of the molecule is CCc1ccc(NC(=O)Nc2cccc(OCc3cc(=O)n4ccc(C)cc4n3)c2)cc1. The van der Waals surface area contributed by atoms with E-state index in [1.807, 2.05) is 43.3 Å². The fraction of sp³-hybridized carbons (Fsp3) is 0.160. The second-order valence-corrected chi connectivity index (χ2v) is 7.46. The Balaban J connectivity index is 1.40. The maximum atomic E-state index is 12.3. The molecule has 7 heteroatoms. The van der Waals surface area contributed by atoms with Gasteiger partial charge in [0.2, 0.25) is 0 Å². The molecule has 4 rings (SSSR count). The molecule has 0 aliphatic rings. The third-order valence-corrected chi connectivity index (χ3v) is 4.97. The number of aryl methyl sites for hydroxylation is 2. The van der Waals surface area contributed by atoms with Crippen molar-refractivity contribution in [3.8, 4) is 5.75 Å². The Morgan fingerprint density at radius 3 is 2.56 bits per heavy atom. The number of fused-ring (bicyclic) bond motifs is 1. The number of pyridine rings is 1. The van der Waals surface area contributed by atoms with Crippen LogP contribution in [0.25, 0.3) is 5.65 Å². The molecule has 0 atom stereocenters. The molecule has 0 fully saturated rings. The number of carbonyl (C=O) groups is 1. The van der Waals surface area contributed by atoms with Gasteiger partial charge in [-0.1, -0.05) is 25.1 Å². The van der Waals surface area contributed by atoms with Gasteiger partial charge in [-0.3, -0.25) is 9.20 Å². The van der Waals surface area contributed by atoms with Gasteiger partial charge in [0.1, 0.15) is 18.0 Å². The topological polar surface area (TPSA) is 84.7 Å². The summed E-state index contributed by atoms with van der Waals surface area (Å²) in [6, 6.07) is 19.6. The molecule has 32 heavy (non-hydrogen) atoms. The maximum absolute atomic E-state index is 12.3. The Morgan fingerprint density at radius 1 is 1.00 bits per heavy atom. The molecule has 162 valence electrons. The number of hydrogen-bond donors (Lipinski definition) is 2. The molecule has 7 nitrogen and oxygen atoms in total. The summed E-state index contributed by atoms with van der Waals surface area (Å²) in [5.41, 5.74) is 4.49. The number of benzene rings is 2. The van der Waals surface area contributed by atoms with Crippen molar-refractivity contribution < 1.29 is 9.53 Å². The molecule has 2 heterocycles. The van der Waals surface area contributed by atoms with Crippen molar-refractivity contribution in [3.63, 3.8) is 0 Å². The Kier molecular flexibility index (Phi) is 6.17. The van der Waals surface area contributed by atoms with Crippen LogP contribution in [0.2, 0.25) is 0 Å². The van der Waals surface area contributed by atoms with Crippen LogP contribution in [-0.4, -0.2) is 15.4 Å². The summed E-state index contributed by atoms with van der Waals surface area (Å²) in [4.78, 5) is 29.1. The van der Waals surface area contributed by atoms with Crippen LogP contribution in [-0.2, 0) is 13.0 Å². The van der Waals surface area contributed by atoms with E-state index in [2.05, 4.69) is 22.5 Å². The number of carbonyl (C=O) groups excluding carboxylic acids is 1. The zero-order valence-corrected chi connectivity index (χ0v) is 18.0. The molecule has 0 bridgehead atoms. The first kappa shape index (κ1) is 21.1. The highest BCUT2D eigenvalue weighted by Crippen LogP contribution is 2.19. The Labute approximate surface area is 185 Å². The van der Waals surface area contributed by atoms with Gasteiger partial charge in [-0.15, -0.1) is 0 Å². The van der Waals surface area contributed by atoms with Gasteiger partial charge in [0, 0.05) is 29.7 Å². The van der Waals surface area contributed by atoms with Crippen LogP contribution >= 0.6 is 0 Å². The van der Waals surface area contributed by atoms with E-state index in [0.29, 0.717) is 22.8 Å². The average molecular weight is 428 g/mol. The highest BCUT2D eigenvalue weighted by atomic mass is 16.5. The maximum Gasteiger partial charge on any atom is 0.323 e. The van der Waals surface area contributed by atoms with Crippen molar-refractivity contribution in [3.05, 3.63) is 100 Å². The number of ether oxygens (including phenoxy) is 1. The molecule has 2 amide bonds. The Bertz CT molecular complexity index is 1310. The number of hydrogen-bond acceptors (Lipinski definition) is 4. The van der Waals surface area contributed by atoms with Crippen LogP contribution in [0.5, 0.6) is 5.75 Å². The molecule has 0 aliphatic carbocycles. The smallest absolute Gasteiger partial charge is 0.323 e. The quantitative estimate of drug-likeness (QED) is 0.463. The lowest BCUT2D eigenvalue weighted by atomic mass is 10.1. The van der Waals surface area contributed by atoms with Gasteiger partial charge >= 0.3 is 6.03 Å². The average Bonchev–Trinajstić information content (AvgIpc) is 2.78. The minimum absolute atomic E-state index is 0.138. The molecule has 0 unspecified atom stereocenters. The van der Waals surface area contributed by atoms with Crippen molar-refractivity contribution >= 4 is 23.1 Å². The van der Waals surface area contributed by atoms with E-state index in [-0.39, 0.29) is 18.2 Å². The van der Waals surface area contributed by atoms with Crippen molar-refractivity contribution in [2.45, 2.75) is 26.9 Å². The highest BCUT2D eigenvalue weighted by Gasteiger charge is 2.06. The van der Waals surface area contributed by atoms with E-state index in [1.54, 1.807) is 30.5 Å². The number of anilines is 2.